The first-order valence-electron chi connectivity index (χ1n) is 6.70. The third-order valence-electron chi connectivity index (χ3n) is 4.04. The summed E-state index contributed by atoms with van der Waals surface area (Å²) < 4.78 is 13.2. The zero-order valence-corrected chi connectivity index (χ0v) is 11.1. The molecule has 1 aromatic rings. The highest BCUT2D eigenvalue weighted by Crippen LogP contribution is 2.33. The molecule has 0 aromatic heterocycles. The van der Waals surface area contributed by atoms with Gasteiger partial charge < -0.3 is 10.0 Å². The molecule has 20 heavy (non-hydrogen) atoms. The predicted molar refractivity (Wildman–Crippen MR) is 72.0 cm³/mol. The second-order valence-corrected chi connectivity index (χ2v) is 5.46. The normalized spacial score (nSPS) is 22.5. The van der Waals surface area contributed by atoms with Crippen LogP contribution >= 0.6 is 0 Å². The van der Waals surface area contributed by atoms with Crippen molar-refractivity contribution >= 4 is 5.91 Å². The number of halogens is 1. The molecule has 0 spiro atoms. The highest BCUT2D eigenvalue weighted by atomic mass is 19.1. The molecule has 1 fully saturated rings. The van der Waals surface area contributed by atoms with Gasteiger partial charge in [0.1, 0.15) is 12.0 Å². The van der Waals surface area contributed by atoms with Crippen LogP contribution in [0.4, 0.5) is 4.39 Å². The molecule has 0 radical (unpaired) electrons. The Kier molecular flexibility index (Phi) is 3.31. The monoisotopic (exact) mass is 276 g/mol. The van der Waals surface area contributed by atoms with Crippen LogP contribution in [0.25, 0.3) is 0 Å². The number of aliphatic hydroxyl groups excluding tert-OH is 1. The minimum atomic E-state index is -0.672. The number of carbonyl (C=O) groups is 1. The van der Waals surface area contributed by atoms with Crippen LogP contribution in [0.2, 0.25) is 0 Å². The zero-order chi connectivity index (χ0) is 14.3. The lowest BCUT2D eigenvalue weighted by molar-refractivity contribution is -0.133. The quantitative estimate of drug-likeness (QED) is 0.846. The summed E-state index contributed by atoms with van der Waals surface area (Å²) in [6, 6.07) is 4.50. The van der Waals surface area contributed by atoms with Crippen LogP contribution in [0.3, 0.4) is 0 Å². The molecule has 2 aliphatic rings. The van der Waals surface area contributed by atoms with Crippen LogP contribution in [-0.2, 0) is 11.3 Å². The highest BCUT2D eigenvalue weighted by molar-refractivity contribution is 5.87. The Balaban J connectivity index is 1.59. The van der Waals surface area contributed by atoms with Crippen LogP contribution in [0.15, 0.2) is 30.9 Å². The van der Waals surface area contributed by atoms with Gasteiger partial charge in [0, 0.05) is 37.7 Å². The minimum Gasteiger partial charge on any atom is -0.374 e. The van der Waals surface area contributed by atoms with E-state index in [0.29, 0.717) is 32.1 Å². The SMILES string of the molecule is C=CC(=O)N1CC(CN2Cc3cc(F)ccc3C2O)C1. The topological polar surface area (TPSA) is 43.8 Å². The molecule has 4 nitrogen and oxygen atoms in total. The molecular weight excluding hydrogens is 259 g/mol. The Bertz CT molecular complexity index is 555. The molecule has 1 aromatic carbocycles. The first-order chi connectivity index (χ1) is 9.58. The van der Waals surface area contributed by atoms with Gasteiger partial charge in [0.25, 0.3) is 0 Å². The summed E-state index contributed by atoms with van der Waals surface area (Å²) in [5.74, 6) is 0.0329. The van der Waals surface area contributed by atoms with E-state index in [2.05, 4.69) is 6.58 Å². The van der Waals surface area contributed by atoms with Gasteiger partial charge in [-0.3, -0.25) is 9.69 Å². The second-order valence-electron chi connectivity index (χ2n) is 5.46. The molecule has 106 valence electrons. The average molecular weight is 276 g/mol. The third kappa shape index (κ3) is 2.23. The van der Waals surface area contributed by atoms with Crippen LogP contribution < -0.4 is 0 Å². The second kappa shape index (κ2) is 5.00. The summed E-state index contributed by atoms with van der Waals surface area (Å²) in [7, 11) is 0. The standard InChI is InChI=1S/C15H17FN2O2/c1-2-14(19)17-6-10(7-17)8-18-9-11-5-12(16)3-4-13(11)15(18)20/h2-5,10,15,20H,1,6-9H2. The van der Waals surface area contributed by atoms with Gasteiger partial charge in [0.2, 0.25) is 5.91 Å². The van der Waals surface area contributed by atoms with Crippen molar-refractivity contribution < 1.29 is 14.3 Å². The maximum atomic E-state index is 13.2. The number of hydrogen-bond acceptors (Lipinski definition) is 3. The van der Waals surface area contributed by atoms with E-state index in [1.54, 1.807) is 11.0 Å². The largest absolute Gasteiger partial charge is 0.374 e. The van der Waals surface area contributed by atoms with Gasteiger partial charge in [-0.1, -0.05) is 12.6 Å². The van der Waals surface area contributed by atoms with Gasteiger partial charge in [-0.25, -0.2) is 4.39 Å². The molecule has 0 bridgehead atoms. The van der Waals surface area contributed by atoms with Gasteiger partial charge in [0.15, 0.2) is 0 Å². The molecule has 0 aliphatic carbocycles. The maximum Gasteiger partial charge on any atom is 0.245 e. The van der Waals surface area contributed by atoms with Gasteiger partial charge in [-0.15, -0.1) is 0 Å². The molecule has 3 rings (SSSR count). The van der Waals surface area contributed by atoms with E-state index < -0.39 is 6.23 Å². The minimum absolute atomic E-state index is 0.0476. The molecule has 1 saturated heterocycles. The number of fused-ring (bicyclic) bond motifs is 1. The number of likely N-dealkylation sites (tertiary alicyclic amines) is 1. The summed E-state index contributed by atoms with van der Waals surface area (Å²) in [6.07, 6.45) is 0.647. The number of benzene rings is 1. The first kappa shape index (κ1) is 13.3. The van der Waals surface area contributed by atoms with E-state index in [-0.39, 0.29) is 11.7 Å². The van der Waals surface area contributed by atoms with Crippen molar-refractivity contribution in [1.29, 1.82) is 0 Å². The fraction of sp³-hybridized carbons (Fsp3) is 0.400. The lowest BCUT2D eigenvalue weighted by Crippen LogP contribution is -2.53. The van der Waals surface area contributed by atoms with Crippen LogP contribution in [0, 0.1) is 11.7 Å². The smallest absolute Gasteiger partial charge is 0.245 e. The molecule has 1 unspecified atom stereocenters. The molecule has 1 amide bonds. The van der Waals surface area contributed by atoms with E-state index in [1.807, 2.05) is 4.90 Å². The van der Waals surface area contributed by atoms with Crippen LogP contribution in [0.1, 0.15) is 17.4 Å². The van der Waals surface area contributed by atoms with Crippen molar-refractivity contribution in [3.05, 3.63) is 47.8 Å². The third-order valence-corrected chi connectivity index (χ3v) is 4.04. The van der Waals surface area contributed by atoms with E-state index >= 15 is 0 Å². The van der Waals surface area contributed by atoms with Crippen molar-refractivity contribution in [3.63, 3.8) is 0 Å². The van der Waals surface area contributed by atoms with Crippen molar-refractivity contribution in [2.45, 2.75) is 12.8 Å². The van der Waals surface area contributed by atoms with E-state index in [9.17, 15) is 14.3 Å². The lowest BCUT2D eigenvalue weighted by Gasteiger charge is -2.41. The number of rotatable bonds is 3. The predicted octanol–water partition coefficient (Wildman–Crippen LogP) is 1.28. The fourth-order valence-electron chi connectivity index (χ4n) is 2.96. The van der Waals surface area contributed by atoms with Crippen molar-refractivity contribution in [2.24, 2.45) is 5.92 Å². The summed E-state index contributed by atoms with van der Waals surface area (Å²) in [5.41, 5.74) is 1.63. The Labute approximate surface area is 117 Å². The summed E-state index contributed by atoms with van der Waals surface area (Å²) in [5, 5.41) is 10.2. The van der Waals surface area contributed by atoms with Gasteiger partial charge in [0.05, 0.1) is 0 Å². The fourth-order valence-corrected chi connectivity index (χ4v) is 2.96. The summed E-state index contributed by atoms with van der Waals surface area (Å²) in [4.78, 5) is 15.0. The van der Waals surface area contributed by atoms with Crippen molar-refractivity contribution in [1.82, 2.24) is 9.80 Å². The Hall–Kier alpha value is -1.72. The summed E-state index contributed by atoms with van der Waals surface area (Å²) in [6.45, 7) is 6.11. The first-order valence-corrected chi connectivity index (χ1v) is 6.70. The number of amides is 1. The van der Waals surface area contributed by atoms with Crippen LogP contribution in [-0.4, -0.2) is 40.4 Å². The number of carbonyl (C=O) groups excluding carboxylic acids is 1. The Morgan fingerprint density at radius 2 is 2.25 bits per heavy atom. The van der Waals surface area contributed by atoms with E-state index in [4.69, 9.17) is 0 Å². The zero-order valence-electron chi connectivity index (χ0n) is 11.1. The van der Waals surface area contributed by atoms with Crippen LogP contribution in [0.5, 0.6) is 0 Å². The highest BCUT2D eigenvalue weighted by Gasteiger charge is 2.35. The summed E-state index contributed by atoms with van der Waals surface area (Å²) >= 11 is 0. The molecular formula is C15H17FN2O2. The molecule has 2 aliphatic heterocycles. The van der Waals surface area contributed by atoms with E-state index in [1.165, 1.54) is 18.2 Å². The number of aliphatic hydroxyl groups is 1. The molecule has 0 saturated carbocycles. The molecule has 5 heteroatoms. The van der Waals surface area contributed by atoms with Crippen molar-refractivity contribution in [3.8, 4) is 0 Å². The van der Waals surface area contributed by atoms with Gasteiger partial charge in [-0.05, 0) is 23.8 Å². The number of nitrogens with zero attached hydrogens (tertiary/aromatic N) is 2. The molecule has 2 heterocycles. The number of hydrogen-bond donors (Lipinski definition) is 1. The average Bonchev–Trinajstić information content (AvgIpc) is 2.68. The van der Waals surface area contributed by atoms with Gasteiger partial charge >= 0.3 is 0 Å². The Morgan fingerprint density at radius 1 is 1.50 bits per heavy atom. The maximum absolute atomic E-state index is 13.2. The van der Waals surface area contributed by atoms with Gasteiger partial charge in [-0.2, -0.15) is 0 Å². The van der Waals surface area contributed by atoms with Crippen molar-refractivity contribution in [2.75, 3.05) is 19.6 Å². The molecule has 1 N–H and O–H groups in total. The van der Waals surface area contributed by atoms with E-state index in [0.717, 1.165) is 11.1 Å². The molecule has 1 atom stereocenters. The lowest BCUT2D eigenvalue weighted by atomic mass is 9.99. The Morgan fingerprint density at radius 3 is 2.95 bits per heavy atom.